The summed E-state index contributed by atoms with van der Waals surface area (Å²) >= 11 is 0. The molecule has 0 saturated carbocycles. The molecule has 1 saturated heterocycles. The Morgan fingerprint density at radius 3 is 2.35 bits per heavy atom. The highest BCUT2D eigenvalue weighted by molar-refractivity contribution is 6.23. The molecule has 1 aromatic carbocycles. The summed E-state index contributed by atoms with van der Waals surface area (Å²) in [6.45, 7) is 2.93. The number of β-amino-alcohol motifs (C(OH)–C–C–N with tert-alkyl or cyclic N) is 1. The molecule has 2 aliphatic heterocycles. The number of amides is 4. The van der Waals surface area contributed by atoms with Crippen molar-refractivity contribution in [2.24, 2.45) is 11.7 Å². The molecule has 4 amide bonds. The molecular formula is C20H24FN3O7. The Morgan fingerprint density at radius 2 is 1.87 bits per heavy atom. The first kappa shape index (κ1) is 24.1. The van der Waals surface area contributed by atoms with E-state index in [1.807, 2.05) is 0 Å². The predicted molar refractivity (Wildman–Crippen MR) is 104 cm³/mol. The molecule has 4 N–H and O–H groups in total. The van der Waals surface area contributed by atoms with Crippen molar-refractivity contribution in [1.82, 2.24) is 9.80 Å². The molecule has 0 aliphatic carbocycles. The Bertz CT molecular complexity index is 918. The van der Waals surface area contributed by atoms with Crippen molar-refractivity contribution in [2.45, 2.75) is 38.8 Å². The van der Waals surface area contributed by atoms with Gasteiger partial charge in [-0.2, -0.15) is 0 Å². The van der Waals surface area contributed by atoms with E-state index in [1.165, 1.54) is 12.1 Å². The molecule has 1 fully saturated rings. The molecule has 11 heteroatoms. The third-order valence-corrected chi connectivity index (χ3v) is 5.02. The number of piperidine rings is 1. The van der Waals surface area contributed by atoms with Gasteiger partial charge in [0.25, 0.3) is 17.7 Å². The van der Waals surface area contributed by atoms with E-state index in [0.29, 0.717) is 4.90 Å². The maximum atomic E-state index is 13.8. The van der Waals surface area contributed by atoms with E-state index in [4.69, 9.17) is 15.9 Å². The number of carbonyl (C=O) groups excluding carboxylic acids is 4. The van der Waals surface area contributed by atoms with Crippen LogP contribution in [0.1, 0.15) is 47.4 Å². The number of carbonyl (C=O) groups is 5. The summed E-state index contributed by atoms with van der Waals surface area (Å²) in [6, 6.07) is 1.83. The second-order valence-electron chi connectivity index (χ2n) is 7.41. The highest BCUT2D eigenvalue weighted by Crippen LogP contribution is 2.30. The van der Waals surface area contributed by atoms with E-state index in [2.05, 4.69) is 0 Å². The molecule has 2 atom stereocenters. The van der Waals surface area contributed by atoms with E-state index in [1.54, 1.807) is 13.8 Å². The Morgan fingerprint density at radius 1 is 1.23 bits per heavy atom. The van der Waals surface area contributed by atoms with Gasteiger partial charge in [-0.25, -0.2) is 4.39 Å². The standard InChI is InChI=1S/C15H13FN2O5.C5H11NO2/c16-9-3-1-2-8-12(9)15(23)18(13(8)21)10-4-5-11(20)17(6-7-19)14(10)22;1-3(2)4(6)5(7)8/h1-3,10,19H,4-7H2;3-4H,6H2,1-2H3,(H,7,8)/t;4-/m.0/s1. The quantitative estimate of drug-likeness (QED) is 0.543. The summed E-state index contributed by atoms with van der Waals surface area (Å²) < 4.78 is 13.8. The van der Waals surface area contributed by atoms with E-state index in [9.17, 15) is 28.4 Å². The van der Waals surface area contributed by atoms with Crippen molar-refractivity contribution in [1.29, 1.82) is 0 Å². The number of nitrogens with zero attached hydrogens (tertiary/aromatic N) is 2. The minimum atomic E-state index is -1.16. The molecule has 0 bridgehead atoms. The van der Waals surface area contributed by atoms with Crippen LogP contribution in [-0.4, -0.2) is 74.8 Å². The maximum absolute atomic E-state index is 13.8. The Kier molecular flexibility index (Phi) is 7.58. The van der Waals surface area contributed by atoms with Gasteiger partial charge in [0.2, 0.25) is 5.91 Å². The average Bonchev–Trinajstić information content (AvgIpc) is 2.97. The van der Waals surface area contributed by atoms with Gasteiger partial charge in [-0.3, -0.25) is 33.8 Å². The fourth-order valence-electron chi connectivity index (χ4n) is 3.23. The van der Waals surface area contributed by atoms with Crippen molar-refractivity contribution in [3.8, 4) is 0 Å². The molecule has 1 unspecified atom stereocenters. The van der Waals surface area contributed by atoms with Crippen LogP contribution in [0.4, 0.5) is 4.39 Å². The van der Waals surface area contributed by atoms with Gasteiger partial charge >= 0.3 is 5.97 Å². The molecular weight excluding hydrogens is 413 g/mol. The minimum absolute atomic E-state index is 0.00726. The molecule has 2 heterocycles. The fourth-order valence-corrected chi connectivity index (χ4v) is 3.23. The smallest absolute Gasteiger partial charge is 0.320 e. The van der Waals surface area contributed by atoms with Crippen LogP contribution in [0.3, 0.4) is 0 Å². The number of benzene rings is 1. The molecule has 0 radical (unpaired) electrons. The zero-order valence-corrected chi connectivity index (χ0v) is 17.1. The van der Waals surface area contributed by atoms with Gasteiger partial charge in [-0.05, 0) is 24.5 Å². The lowest BCUT2D eigenvalue weighted by Crippen LogP contribution is -2.56. The minimum Gasteiger partial charge on any atom is -0.480 e. The maximum Gasteiger partial charge on any atom is 0.320 e. The van der Waals surface area contributed by atoms with Crippen molar-refractivity contribution in [3.63, 3.8) is 0 Å². The van der Waals surface area contributed by atoms with Crippen LogP contribution in [0.25, 0.3) is 0 Å². The molecule has 10 nitrogen and oxygen atoms in total. The lowest BCUT2D eigenvalue weighted by molar-refractivity contribution is -0.152. The van der Waals surface area contributed by atoms with E-state index in [-0.39, 0.29) is 36.4 Å². The van der Waals surface area contributed by atoms with Crippen LogP contribution >= 0.6 is 0 Å². The van der Waals surface area contributed by atoms with Crippen molar-refractivity contribution in [3.05, 3.63) is 35.1 Å². The second-order valence-corrected chi connectivity index (χ2v) is 7.41. The number of carboxylic acid groups (broad SMARTS) is 1. The van der Waals surface area contributed by atoms with Gasteiger partial charge in [0.05, 0.1) is 24.3 Å². The van der Waals surface area contributed by atoms with E-state index < -0.39 is 54.1 Å². The van der Waals surface area contributed by atoms with Gasteiger partial charge in [0.15, 0.2) is 0 Å². The number of aliphatic hydroxyl groups excluding tert-OH is 1. The van der Waals surface area contributed by atoms with Gasteiger partial charge in [-0.15, -0.1) is 0 Å². The number of aliphatic carboxylic acids is 1. The molecule has 3 rings (SSSR count). The Balaban J connectivity index is 0.000000366. The number of aliphatic hydroxyl groups is 1. The van der Waals surface area contributed by atoms with Crippen LogP contribution in [-0.2, 0) is 14.4 Å². The first-order chi connectivity index (χ1) is 14.5. The normalized spacial score (nSPS) is 19.4. The van der Waals surface area contributed by atoms with Crippen LogP contribution < -0.4 is 5.73 Å². The summed E-state index contributed by atoms with van der Waals surface area (Å²) in [5.74, 6) is -4.56. The SMILES string of the molecule is CC(C)[C@H](N)C(=O)O.O=C1CCC(N2C(=O)c3cccc(F)c3C2=O)C(=O)N1CCO. The number of fused-ring (bicyclic) bond motifs is 1. The van der Waals surface area contributed by atoms with Gasteiger partial charge in [-0.1, -0.05) is 19.9 Å². The lowest BCUT2D eigenvalue weighted by atomic mass is 10.0. The van der Waals surface area contributed by atoms with Crippen molar-refractivity contribution < 1.29 is 38.6 Å². The number of rotatable bonds is 5. The lowest BCUT2D eigenvalue weighted by Gasteiger charge is -2.34. The molecule has 2 aliphatic rings. The Hall–Kier alpha value is -3.18. The second kappa shape index (κ2) is 9.75. The zero-order valence-electron chi connectivity index (χ0n) is 17.1. The number of halogens is 1. The predicted octanol–water partition coefficient (Wildman–Crippen LogP) is -0.0141. The molecule has 0 aromatic heterocycles. The van der Waals surface area contributed by atoms with Crippen molar-refractivity contribution >= 4 is 29.6 Å². The number of hydrogen-bond acceptors (Lipinski definition) is 7. The van der Waals surface area contributed by atoms with Crippen LogP contribution in [0.2, 0.25) is 0 Å². The first-order valence-corrected chi connectivity index (χ1v) is 9.62. The number of imide groups is 2. The molecule has 31 heavy (non-hydrogen) atoms. The van der Waals surface area contributed by atoms with Crippen LogP contribution in [0, 0.1) is 11.7 Å². The molecule has 168 valence electrons. The number of hydrogen-bond donors (Lipinski definition) is 3. The van der Waals surface area contributed by atoms with E-state index >= 15 is 0 Å². The summed E-state index contributed by atoms with van der Waals surface area (Å²) in [5.41, 5.74) is 4.72. The number of carboxylic acids is 1. The summed E-state index contributed by atoms with van der Waals surface area (Å²) in [4.78, 5) is 60.5. The van der Waals surface area contributed by atoms with Gasteiger partial charge in [0.1, 0.15) is 17.9 Å². The first-order valence-electron chi connectivity index (χ1n) is 9.62. The highest BCUT2D eigenvalue weighted by Gasteiger charge is 2.47. The number of nitrogens with two attached hydrogens (primary N) is 1. The van der Waals surface area contributed by atoms with Crippen molar-refractivity contribution in [2.75, 3.05) is 13.2 Å². The highest BCUT2D eigenvalue weighted by atomic mass is 19.1. The average molecular weight is 437 g/mol. The van der Waals surface area contributed by atoms with Gasteiger partial charge in [0, 0.05) is 6.42 Å². The summed E-state index contributed by atoms with van der Waals surface area (Å²) in [7, 11) is 0. The van der Waals surface area contributed by atoms with Crippen LogP contribution in [0.5, 0.6) is 0 Å². The Labute approximate surface area is 177 Å². The van der Waals surface area contributed by atoms with Crippen LogP contribution in [0.15, 0.2) is 18.2 Å². The largest absolute Gasteiger partial charge is 0.480 e. The third-order valence-electron chi connectivity index (χ3n) is 5.02. The van der Waals surface area contributed by atoms with Gasteiger partial charge < -0.3 is 15.9 Å². The fraction of sp³-hybridized carbons (Fsp3) is 0.450. The number of likely N-dealkylation sites (tertiary alicyclic amines) is 1. The summed E-state index contributed by atoms with van der Waals surface area (Å²) in [6.07, 6.45) is -0.0427. The molecule has 1 aromatic rings. The monoisotopic (exact) mass is 437 g/mol. The third kappa shape index (κ3) is 4.78. The topological polar surface area (TPSA) is 158 Å². The molecule has 0 spiro atoms. The zero-order chi connectivity index (χ0) is 23.5. The van der Waals surface area contributed by atoms with E-state index in [0.717, 1.165) is 11.0 Å². The summed E-state index contributed by atoms with van der Waals surface area (Å²) in [5, 5.41) is 17.2.